The lowest BCUT2D eigenvalue weighted by atomic mass is 10.2. The van der Waals surface area contributed by atoms with Crippen molar-refractivity contribution in [3.05, 3.63) is 47.5 Å². The molecular formula is C13H15ClO2. The van der Waals surface area contributed by atoms with E-state index in [0.717, 1.165) is 12.0 Å². The maximum Gasteiger partial charge on any atom is 0.338 e. The summed E-state index contributed by atoms with van der Waals surface area (Å²) in [7, 11) is 0. The molecule has 1 aromatic rings. The minimum Gasteiger partial charge on any atom is -0.462 e. The van der Waals surface area contributed by atoms with Gasteiger partial charge in [-0.2, -0.15) is 0 Å². The van der Waals surface area contributed by atoms with E-state index in [4.69, 9.17) is 16.3 Å². The summed E-state index contributed by atoms with van der Waals surface area (Å²) in [4.78, 5) is 11.5. The quantitative estimate of drug-likeness (QED) is 0.446. The topological polar surface area (TPSA) is 26.3 Å². The summed E-state index contributed by atoms with van der Waals surface area (Å²) in [5.74, 6) is 0.220. The molecule has 0 aliphatic rings. The molecule has 2 nitrogen and oxygen atoms in total. The average Bonchev–Trinajstić information content (AvgIpc) is 2.30. The standard InChI is InChI=1S/C13H15ClO2/c1-11(7-9-14)8-10-16-13(15)12-5-3-2-4-6-12/h2-7H,8-10H2,1H3/b11-7+. The minimum absolute atomic E-state index is 0.278. The first-order chi connectivity index (χ1) is 7.74. The lowest BCUT2D eigenvalue weighted by Gasteiger charge is -2.04. The lowest BCUT2D eigenvalue weighted by Crippen LogP contribution is -2.06. The molecule has 0 N–H and O–H groups in total. The van der Waals surface area contributed by atoms with Crippen molar-refractivity contribution in [1.29, 1.82) is 0 Å². The van der Waals surface area contributed by atoms with E-state index in [1.165, 1.54) is 0 Å². The highest BCUT2D eigenvalue weighted by Crippen LogP contribution is 2.04. The molecule has 0 aromatic heterocycles. The van der Waals surface area contributed by atoms with E-state index in [2.05, 4.69) is 0 Å². The van der Waals surface area contributed by atoms with Crippen molar-refractivity contribution in [2.24, 2.45) is 0 Å². The third-order valence-electron chi connectivity index (χ3n) is 2.16. The SMILES string of the molecule is C/C(=C\CCl)CCOC(=O)c1ccccc1. The summed E-state index contributed by atoms with van der Waals surface area (Å²) < 4.78 is 5.12. The largest absolute Gasteiger partial charge is 0.462 e. The average molecular weight is 239 g/mol. The Kier molecular flexibility index (Phi) is 5.65. The number of alkyl halides is 1. The Morgan fingerprint density at radius 1 is 1.38 bits per heavy atom. The normalized spacial score (nSPS) is 11.2. The Balaban J connectivity index is 2.34. The van der Waals surface area contributed by atoms with Crippen molar-refractivity contribution in [3.63, 3.8) is 0 Å². The molecule has 0 amide bonds. The molecule has 0 unspecified atom stereocenters. The van der Waals surface area contributed by atoms with Gasteiger partial charge in [-0.3, -0.25) is 0 Å². The van der Waals surface area contributed by atoms with Gasteiger partial charge in [-0.15, -0.1) is 11.6 Å². The fourth-order valence-electron chi connectivity index (χ4n) is 1.20. The number of benzene rings is 1. The van der Waals surface area contributed by atoms with Crippen molar-refractivity contribution < 1.29 is 9.53 Å². The smallest absolute Gasteiger partial charge is 0.338 e. The van der Waals surface area contributed by atoms with Crippen LogP contribution in [-0.4, -0.2) is 18.5 Å². The molecule has 0 saturated carbocycles. The molecular weight excluding hydrogens is 224 g/mol. The molecule has 0 heterocycles. The Bertz CT molecular complexity index is 357. The Morgan fingerprint density at radius 2 is 2.06 bits per heavy atom. The number of esters is 1. The van der Waals surface area contributed by atoms with Crippen LogP contribution in [0.5, 0.6) is 0 Å². The molecule has 0 aliphatic heterocycles. The first-order valence-electron chi connectivity index (χ1n) is 5.18. The van der Waals surface area contributed by atoms with Gasteiger partial charge in [0.25, 0.3) is 0 Å². The van der Waals surface area contributed by atoms with Gasteiger partial charge in [-0.05, 0) is 19.1 Å². The predicted molar refractivity (Wildman–Crippen MR) is 65.8 cm³/mol. The predicted octanol–water partition coefficient (Wildman–Crippen LogP) is 3.42. The summed E-state index contributed by atoms with van der Waals surface area (Å²) >= 11 is 5.55. The van der Waals surface area contributed by atoms with Crippen LogP contribution in [0.15, 0.2) is 42.0 Å². The summed E-state index contributed by atoms with van der Waals surface area (Å²) in [6, 6.07) is 8.97. The number of hydrogen-bond acceptors (Lipinski definition) is 2. The molecule has 3 heteroatoms. The van der Waals surface area contributed by atoms with Crippen LogP contribution in [0.4, 0.5) is 0 Å². The maximum absolute atomic E-state index is 11.5. The third-order valence-corrected chi connectivity index (χ3v) is 2.32. The van der Waals surface area contributed by atoms with Gasteiger partial charge in [-0.1, -0.05) is 29.8 Å². The van der Waals surface area contributed by atoms with E-state index < -0.39 is 0 Å². The zero-order valence-corrected chi connectivity index (χ0v) is 10.0. The number of allylic oxidation sites excluding steroid dienone is 1. The first-order valence-corrected chi connectivity index (χ1v) is 5.71. The highest BCUT2D eigenvalue weighted by atomic mass is 35.5. The van der Waals surface area contributed by atoms with Crippen LogP contribution < -0.4 is 0 Å². The molecule has 1 aromatic carbocycles. The van der Waals surface area contributed by atoms with Crippen LogP contribution in [0.1, 0.15) is 23.7 Å². The van der Waals surface area contributed by atoms with E-state index in [1.807, 2.05) is 31.2 Å². The highest BCUT2D eigenvalue weighted by molar-refractivity contribution is 6.18. The van der Waals surface area contributed by atoms with Gasteiger partial charge in [0.15, 0.2) is 0 Å². The summed E-state index contributed by atoms with van der Waals surface area (Å²) in [5.41, 5.74) is 1.72. The fraction of sp³-hybridized carbons (Fsp3) is 0.308. The van der Waals surface area contributed by atoms with E-state index in [0.29, 0.717) is 18.1 Å². The minimum atomic E-state index is -0.278. The van der Waals surface area contributed by atoms with Gasteiger partial charge in [0.05, 0.1) is 12.2 Å². The van der Waals surface area contributed by atoms with Crippen molar-refractivity contribution >= 4 is 17.6 Å². The molecule has 0 fully saturated rings. The van der Waals surface area contributed by atoms with Crippen LogP contribution >= 0.6 is 11.6 Å². The van der Waals surface area contributed by atoms with Crippen molar-refractivity contribution in [2.45, 2.75) is 13.3 Å². The van der Waals surface area contributed by atoms with Crippen LogP contribution in [0.2, 0.25) is 0 Å². The van der Waals surface area contributed by atoms with Crippen molar-refractivity contribution in [3.8, 4) is 0 Å². The molecule has 0 atom stereocenters. The van der Waals surface area contributed by atoms with E-state index in [9.17, 15) is 4.79 Å². The van der Waals surface area contributed by atoms with Gasteiger partial charge < -0.3 is 4.74 Å². The second-order valence-electron chi connectivity index (χ2n) is 3.46. The number of carbonyl (C=O) groups excluding carboxylic acids is 1. The molecule has 0 bridgehead atoms. The van der Waals surface area contributed by atoms with E-state index >= 15 is 0 Å². The third kappa shape index (κ3) is 4.49. The van der Waals surface area contributed by atoms with E-state index in [1.54, 1.807) is 12.1 Å². The molecule has 16 heavy (non-hydrogen) atoms. The molecule has 86 valence electrons. The molecule has 1 rings (SSSR count). The van der Waals surface area contributed by atoms with Gasteiger partial charge in [-0.25, -0.2) is 4.79 Å². The van der Waals surface area contributed by atoms with E-state index in [-0.39, 0.29) is 5.97 Å². The summed E-state index contributed by atoms with van der Waals surface area (Å²) in [6.45, 7) is 2.37. The Morgan fingerprint density at radius 3 is 2.69 bits per heavy atom. The second-order valence-corrected chi connectivity index (χ2v) is 3.77. The zero-order valence-electron chi connectivity index (χ0n) is 9.28. The maximum atomic E-state index is 11.5. The van der Waals surface area contributed by atoms with Crippen LogP contribution in [0.25, 0.3) is 0 Å². The van der Waals surface area contributed by atoms with Gasteiger partial charge in [0.2, 0.25) is 0 Å². The summed E-state index contributed by atoms with van der Waals surface area (Å²) in [5, 5.41) is 0. The number of hydrogen-bond donors (Lipinski definition) is 0. The van der Waals surface area contributed by atoms with Crippen molar-refractivity contribution in [2.75, 3.05) is 12.5 Å². The first kappa shape index (κ1) is 12.8. The summed E-state index contributed by atoms with van der Waals surface area (Å²) in [6.07, 6.45) is 2.64. The lowest BCUT2D eigenvalue weighted by molar-refractivity contribution is 0.0509. The highest BCUT2D eigenvalue weighted by Gasteiger charge is 2.04. The van der Waals surface area contributed by atoms with Crippen LogP contribution in [0, 0.1) is 0 Å². The zero-order chi connectivity index (χ0) is 11.8. The number of ether oxygens (including phenoxy) is 1. The number of halogens is 1. The molecule has 0 spiro atoms. The van der Waals surface area contributed by atoms with Gasteiger partial charge in [0.1, 0.15) is 0 Å². The van der Waals surface area contributed by atoms with Crippen LogP contribution in [-0.2, 0) is 4.74 Å². The second kappa shape index (κ2) is 7.07. The monoisotopic (exact) mass is 238 g/mol. The molecule has 0 saturated heterocycles. The van der Waals surface area contributed by atoms with Crippen LogP contribution in [0.3, 0.4) is 0 Å². The number of rotatable bonds is 5. The number of carbonyl (C=O) groups is 1. The van der Waals surface area contributed by atoms with Crippen molar-refractivity contribution in [1.82, 2.24) is 0 Å². The van der Waals surface area contributed by atoms with Gasteiger partial charge >= 0.3 is 5.97 Å². The molecule has 0 radical (unpaired) electrons. The molecule has 0 aliphatic carbocycles. The fourth-order valence-corrected chi connectivity index (χ4v) is 1.46. The Labute approximate surface area is 101 Å². The van der Waals surface area contributed by atoms with Gasteiger partial charge in [0, 0.05) is 12.3 Å². The Hall–Kier alpha value is -1.28.